The van der Waals surface area contributed by atoms with E-state index in [1.807, 2.05) is 38.1 Å². The maximum Gasteiger partial charge on any atom is 0.231 e. The zero-order chi connectivity index (χ0) is 16.4. The number of ether oxygens (including phenoxy) is 2. The first-order valence-corrected chi connectivity index (χ1v) is 7.45. The van der Waals surface area contributed by atoms with Crippen molar-refractivity contribution >= 4 is 11.9 Å². The lowest BCUT2D eigenvalue weighted by Gasteiger charge is -2.06. The summed E-state index contributed by atoms with van der Waals surface area (Å²) in [6, 6.07) is 13.2. The third kappa shape index (κ3) is 3.34. The van der Waals surface area contributed by atoms with Gasteiger partial charge in [-0.25, -0.2) is 0 Å². The van der Waals surface area contributed by atoms with E-state index >= 15 is 0 Å². The highest BCUT2D eigenvalue weighted by Crippen LogP contribution is 2.34. The molecule has 0 unspecified atom stereocenters. The van der Waals surface area contributed by atoms with Crippen molar-refractivity contribution in [1.29, 1.82) is 0 Å². The van der Waals surface area contributed by atoms with Gasteiger partial charge in [-0.05, 0) is 43.2 Å². The summed E-state index contributed by atoms with van der Waals surface area (Å²) in [4.78, 5) is 12.4. The highest BCUT2D eigenvalue weighted by atomic mass is 16.5. The lowest BCUT2D eigenvalue weighted by Crippen LogP contribution is -1.98. The minimum atomic E-state index is -0.105. The lowest BCUT2D eigenvalue weighted by molar-refractivity contribution is 0.101. The standard InChI is InChI=1S/C20H18O3/c1-13(2)12-22-16-8-9-17-18(11-16)23-19(20(17)21)10-15-6-4-14(3)5-7-15/h4-11H,1,12H2,2-3H3/b19-10-. The number of hydrogen-bond acceptors (Lipinski definition) is 3. The fourth-order valence-corrected chi connectivity index (χ4v) is 2.28. The van der Waals surface area contributed by atoms with E-state index in [0.717, 1.165) is 11.1 Å². The summed E-state index contributed by atoms with van der Waals surface area (Å²) < 4.78 is 11.3. The molecule has 0 saturated heterocycles. The molecule has 0 spiro atoms. The van der Waals surface area contributed by atoms with Gasteiger partial charge < -0.3 is 9.47 Å². The van der Waals surface area contributed by atoms with Gasteiger partial charge in [-0.15, -0.1) is 0 Å². The predicted molar refractivity (Wildman–Crippen MR) is 90.9 cm³/mol. The quantitative estimate of drug-likeness (QED) is 0.613. The summed E-state index contributed by atoms with van der Waals surface area (Å²) in [6.07, 6.45) is 1.76. The first-order valence-electron chi connectivity index (χ1n) is 7.45. The second-order valence-electron chi connectivity index (χ2n) is 5.75. The van der Waals surface area contributed by atoms with Gasteiger partial charge in [0.05, 0.1) is 5.56 Å². The fraction of sp³-hybridized carbons (Fsp3) is 0.150. The summed E-state index contributed by atoms with van der Waals surface area (Å²) in [5.74, 6) is 1.43. The molecule has 3 heteroatoms. The molecule has 0 atom stereocenters. The molecule has 3 nitrogen and oxygen atoms in total. The van der Waals surface area contributed by atoms with E-state index in [4.69, 9.17) is 9.47 Å². The van der Waals surface area contributed by atoms with E-state index < -0.39 is 0 Å². The Morgan fingerprint density at radius 3 is 2.65 bits per heavy atom. The van der Waals surface area contributed by atoms with Crippen molar-refractivity contribution in [3.05, 3.63) is 77.1 Å². The molecule has 0 radical (unpaired) electrons. The third-order valence-corrected chi connectivity index (χ3v) is 3.50. The number of allylic oxidation sites excluding steroid dienone is 1. The number of Topliss-reactive ketones (excluding diaryl/α,β-unsaturated/α-hetero) is 1. The van der Waals surface area contributed by atoms with E-state index in [1.165, 1.54) is 5.56 Å². The van der Waals surface area contributed by atoms with Crippen LogP contribution in [0, 0.1) is 6.92 Å². The summed E-state index contributed by atoms with van der Waals surface area (Å²) in [7, 11) is 0. The minimum absolute atomic E-state index is 0.105. The Hall–Kier alpha value is -2.81. The number of benzene rings is 2. The second kappa shape index (κ2) is 6.13. The van der Waals surface area contributed by atoms with Crippen LogP contribution >= 0.6 is 0 Å². The molecule has 3 rings (SSSR count). The van der Waals surface area contributed by atoms with Gasteiger partial charge in [-0.1, -0.05) is 36.4 Å². The number of hydrogen-bond donors (Lipinski definition) is 0. The van der Waals surface area contributed by atoms with Crippen LogP contribution in [0.15, 0.2) is 60.4 Å². The number of rotatable bonds is 4. The molecule has 0 amide bonds. The Balaban J connectivity index is 1.83. The lowest BCUT2D eigenvalue weighted by atomic mass is 10.1. The van der Waals surface area contributed by atoms with E-state index in [0.29, 0.717) is 29.4 Å². The molecule has 2 aromatic rings. The number of carbonyl (C=O) groups excluding carboxylic acids is 1. The van der Waals surface area contributed by atoms with Crippen molar-refractivity contribution < 1.29 is 14.3 Å². The highest BCUT2D eigenvalue weighted by Gasteiger charge is 2.27. The molecule has 1 heterocycles. The fourth-order valence-electron chi connectivity index (χ4n) is 2.28. The normalized spacial score (nSPS) is 14.5. The van der Waals surface area contributed by atoms with Gasteiger partial charge in [0.2, 0.25) is 5.78 Å². The summed E-state index contributed by atoms with van der Waals surface area (Å²) in [5, 5.41) is 0. The molecule has 0 bridgehead atoms. The van der Waals surface area contributed by atoms with Crippen LogP contribution < -0.4 is 9.47 Å². The van der Waals surface area contributed by atoms with Crippen LogP contribution in [0.3, 0.4) is 0 Å². The maximum atomic E-state index is 12.4. The number of carbonyl (C=O) groups is 1. The average Bonchev–Trinajstić information content (AvgIpc) is 2.83. The van der Waals surface area contributed by atoms with Gasteiger partial charge in [-0.2, -0.15) is 0 Å². The van der Waals surface area contributed by atoms with Crippen LogP contribution in [-0.2, 0) is 0 Å². The Kier molecular flexibility index (Phi) is 4.02. The van der Waals surface area contributed by atoms with Gasteiger partial charge in [0.15, 0.2) is 5.76 Å². The summed E-state index contributed by atoms with van der Waals surface area (Å²) in [5.41, 5.74) is 3.60. The number of aryl methyl sites for hydroxylation is 1. The van der Waals surface area contributed by atoms with E-state index in [9.17, 15) is 4.79 Å². The molecule has 0 N–H and O–H groups in total. The van der Waals surface area contributed by atoms with Crippen molar-refractivity contribution in [2.24, 2.45) is 0 Å². The number of ketones is 1. The monoisotopic (exact) mass is 306 g/mol. The van der Waals surface area contributed by atoms with Crippen molar-refractivity contribution in [2.45, 2.75) is 13.8 Å². The Labute approximate surface area is 135 Å². The molecular weight excluding hydrogens is 288 g/mol. The van der Waals surface area contributed by atoms with Crippen LogP contribution in [0.25, 0.3) is 6.08 Å². The topological polar surface area (TPSA) is 35.5 Å². The zero-order valence-electron chi connectivity index (χ0n) is 13.3. The van der Waals surface area contributed by atoms with E-state index in [2.05, 4.69) is 6.58 Å². The smallest absolute Gasteiger partial charge is 0.231 e. The average molecular weight is 306 g/mol. The molecule has 0 aromatic heterocycles. The molecular formula is C20H18O3. The minimum Gasteiger partial charge on any atom is -0.489 e. The van der Waals surface area contributed by atoms with E-state index in [-0.39, 0.29) is 5.78 Å². The van der Waals surface area contributed by atoms with Crippen molar-refractivity contribution in [3.8, 4) is 11.5 Å². The van der Waals surface area contributed by atoms with Crippen LogP contribution in [0.1, 0.15) is 28.4 Å². The van der Waals surface area contributed by atoms with Crippen LogP contribution in [-0.4, -0.2) is 12.4 Å². The Morgan fingerprint density at radius 1 is 1.22 bits per heavy atom. The highest BCUT2D eigenvalue weighted by molar-refractivity contribution is 6.14. The van der Waals surface area contributed by atoms with Crippen LogP contribution in [0.4, 0.5) is 0 Å². The van der Waals surface area contributed by atoms with Crippen molar-refractivity contribution in [3.63, 3.8) is 0 Å². The molecule has 0 aliphatic carbocycles. The largest absolute Gasteiger partial charge is 0.489 e. The molecule has 0 saturated carbocycles. The predicted octanol–water partition coefficient (Wildman–Crippen LogP) is 4.57. The molecule has 1 aliphatic rings. The van der Waals surface area contributed by atoms with Crippen molar-refractivity contribution in [2.75, 3.05) is 6.61 Å². The van der Waals surface area contributed by atoms with Gasteiger partial charge >= 0.3 is 0 Å². The summed E-state index contributed by atoms with van der Waals surface area (Å²) in [6.45, 7) is 8.17. The van der Waals surface area contributed by atoms with Gasteiger partial charge in [0.25, 0.3) is 0 Å². The van der Waals surface area contributed by atoms with Crippen molar-refractivity contribution in [1.82, 2.24) is 0 Å². The van der Waals surface area contributed by atoms with E-state index in [1.54, 1.807) is 24.3 Å². The SMILES string of the molecule is C=C(C)COc1ccc2c(c1)O/C(=C\c1ccc(C)cc1)C2=O. The molecule has 0 fully saturated rings. The zero-order valence-corrected chi connectivity index (χ0v) is 13.3. The third-order valence-electron chi connectivity index (χ3n) is 3.50. The van der Waals surface area contributed by atoms with Gasteiger partial charge in [-0.3, -0.25) is 4.79 Å². The first-order chi connectivity index (χ1) is 11.0. The second-order valence-corrected chi connectivity index (χ2v) is 5.75. The molecule has 2 aromatic carbocycles. The molecule has 1 aliphatic heterocycles. The molecule has 116 valence electrons. The Morgan fingerprint density at radius 2 is 1.96 bits per heavy atom. The van der Waals surface area contributed by atoms with Crippen LogP contribution in [0.2, 0.25) is 0 Å². The van der Waals surface area contributed by atoms with Gasteiger partial charge in [0.1, 0.15) is 18.1 Å². The Bertz CT molecular complexity index is 798. The first kappa shape index (κ1) is 15.1. The van der Waals surface area contributed by atoms with Crippen LogP contribution in [0.5, 0.6) is 11.5 Å². The number of fused-ring (bicyclic) bond motifs is 1. The summed E-state index contributed by atoms with van der Waals surface area (Å²) >= 11 is 0. The maximum absolute atomic E-state index is 12.4. The van der Waals surface area contributed by atoms with Gasteiger partial charge in [0, 0.05) is 6.07 Å². The molecule has 23 heavy (non-hydrogen) atoms.